The maximum Gasteiger partial charge on any atom is 0.336 e. The lowest BCUT2D eigenvalue weighted by molar-refractivity contribution is -0.143. The molecule has 0 atom stereocenters. The van der Waals surface area contributed by atoms with Gasteiger partial charge in [-0.2, -0.15) is 0 Å². The zero-order chi connectivity index (χ0) is 22.7. The molecule has 8 heteroatoms. The molecule has 1 aliphatic heterocycles. The van der Waals surface area contributed by atoms with Crippen LogP contribution < -0.4 is 15.1 Å². The summed E-state index contributed by atoms with van der Waals surface area (Å²) in [4.78, 5) is 23.8. The summed E-state index contributed by atoms with van der Waals surface area (Å²) in [5, 5.41) is 1.34. The summed E-state index contributed by atoms with van der Waals surface area (Å²) in [6, 6.07) is 8.61. The van der Waals surface area contributed by atoms with Gasteiger partial charge < -0.3 is 23.4 Å². The minimum Gasteiger partial charge on any atom is -0.488 e. The van der Waals surface area contributed by atoms with E-state index in [1.54, 1.807) is 25.1 Å². The number of rotatable bonds is 7. The molecule has 0 N–H and O–H groups in total. The molecule has 1 aromatic heterocycles. The highest BCUT2D eigenvalue weighted by Gasteiger charge is 2.18. The molecule has 0 unspecified atom stereocenters. The quantitative estimate of drug-likeness (QED) is 0.375. The number of hydrogen-bond donors (Lipinski definition) is 0. The molecule has 0 amide bonds. The maximum absolute atomic E-state index is 11.9. The summed E-state index contributed by atoms with van der Waals surface area (Å²) in [7, 11) is 0. The zero-order valence-corrected chi connectivity index (χ0v) is 18.6. The van der Waals surface area contributed by atoms with Crippen molar-refractivity contribution in [3.63, 3.8) is 0 Å². The Morgan fingerprint density at radius 2 is 2.00 bits per heavy atom. The van der Waals surface area contributed by atoms with Gasteiger partial charge in [-0.05, 0) is 49.6 Å². The number of hydrogen-bond acceptors (Lipinski definition) is 7. The fraction of sp³-hybridized carbons (Fsp3) is 0.333. The Bertz CT molecular complexity index is 1220. The van der Waals surface area contributed by atoms with E-state index in [0.717, 1.165) is 27.6 Å². The molecular formula is C24H23ClO7. The Balaban J connectivity index is 1.67. The lowest BCUT2D eigenvalue weighted by Crippen LogP contribution is -2.14. The van der Waals surface area contributed by atoms with Crippen molar-refractivity contribution < 1.29 is 28.2 Å². The van der Waals surface area contributed by atoms with Crippen LogP contribution in [0.4, 0.5) is 0 Å². The summed E-state index contributed by atoms with van der Waals surface area (Å²) >= 11 is 6.25. The van der Waals surface area contributed by atoms with E-state index >= 15 is 0 Å². The minimum absolute atomic E-state index is 0.160. The van der Waals surface area contributed by atoms with Crippen LogP contribution in [0.2, 0.25) is 5.02 Å². The standard InChI is InChI=1S/C24H23ClO7/c1-3-29-22(26)5-4-15-9-19-14(2)6-23(27)32-21(19)10-20(15)30-12-17-8-18(25)7-16-11-28-13-31-24(16)17/h6-10H,3-5,11-13H2,1-2H3. The average molecular weight is 459 g/mol. The van der Waals surface area contributed by atoms with Crippen LogP contribution in [0.1, 0.15) is 35.6 Å². The predicted octanol–water partition coefficient (Wildman–Crippen LogP) is 4.70. The van der Waals surface area contributed by atoms with E-state index in [9.17, 15) is 9.59 Å². The largest absolute Gasteiger partial charge is 0.488 e. The molecular weight excluding hydrogens is 436 g/mol. The Kier molecular flexibility index (Phi) is 6.67. The number of aryl methyl sites for hydroxylation is 2. The highest BCUT2D eigenvalue weighted by Crippen LogP contribution is 2.34. The van der Waals surface area contributed by atoms with Gasteiger partial charge in [-0.25, -0.2) is 4.79 Å². The molecule has 1 aliphatic rings. The SMILES string of the molecule is CCOC(=O)CCc1cc2c(C)cc(=O)oc2cc1OCc1cc(Cl)cc2c1OCOC2. The topological polar surface area (TPSA) is 84.2 Å². The lowest BCUT2D eigenvalue weighted by atomic mass is 10.0. The van der Waals surface area contributed by atoms with Crippen molar-refractivity contribution >= 4 is 28.5 Å². The van der Waals surface area contributed by atoms with E-state index in [2.05, 4.69) is 0 Å². The molecule has 3 aromatic rings. The van der Waals surface area contributed by atoms with Crippen LogP contribution in [-0.2, 0) is 33.9 Å². The van der Waals surface area contributed by atoms with Gasteiger partial charge >= 0.3 is 11.6 Å². The zero-order valence-electron chi connectivity index (χ0n) is 17.9. The van der Waals surface area contributed by atoms with Gasteiger partial charge in [0.2, 0.25) is 0 Å². The van der Waals surface area contributed by atoms with E-state index in [0.29, 0.717) is 41.7 Å². The maximum atomic E-state index is 11.9. The molecule has 0 radical (unpaired) electrons. The van der Waals surface area contributed by atoms with Crippen LogP contribution in [0.3, 0.4) is 0 Å². The molecule has 2 heterocycles. The third kappa shape index (κ3) is 4.89. The highest BCUT2D eigenvalue weighted by molar-refractivity contribution is 6.30. The second-order valence-corrected chi connectivity index (χ2v) is 7.90. The van der Waals surface area contributed by atoms with Crippen LogP contribution in [0, 0.1) is 6.92 Å². The Labute approximate surface area is 189 Å². The second kappa shape index (κ2) is 9.63. The second-order valence-electron chi connectivity index (χ2n) is 7.46. The molecule has 0 aliphatic carbocycles. The molecule has 4 rings (SSSR count). The Hall–Kier alpha value is -3.03. The van der Waals surface area contributed by atoms with Crippen molar-refractivity contribution in [2.24, 2.45) is 0 Å². The lowest BCUT2D eigenvalue weighted by Gasteiger charge is -2.21. The molecule has 0 saturated heterocycles. The van der Waals surface area contributed by atoms with Crippen LogP contribution in [0.15, 0.2) is 39.5 Å². The molecule has 0 bridgehead atoms. The van der Waals surface area contributed by atoms with Crippen LogP contribution in [-0.4, -0.2) is 19.4 Å². The van der Waals surface area contributed by atoms with Gasteiger partial charge in [-0.3, -0.25) is 4.79 Å². The monoisotopic (exact) mass is 458 g/mol. The van der Waals surface area contributed by atoms with Crippen molar-refractivity contribution in [1.29, 1.82) is 0 Å². The van der Waals surface area contributed by atoms with E-state index < -0.39 is 5.63 Å². The molecule has 2 aromatic carbocycles. The van der Waals surface area contributed by atoms with Gasteiger partial charge in [0.1, 0.15) is 23.7 Å². The number of ether oxygens (including phenoxy) is 4. The van der Waals surface area contributed by atoms with Gasteiger partial charge in [-0.1, -0.05) is 11.6 Å². The third-order valence-corrected chi connectivity index (χ3v) is 5.39. The van der Waals surface area contributed by atoms with Gasteiger partial charge in [-0.15, -0.1) is 0 Å². The predicted molar refractivity (Wildman–Crippen MR) is 118 cm³/mol. The summed E-state index contributed by atoms with van der Waals surface area (Å²) in [6.07, 6.45) is 0.624. The number of fused-ring (bicyclic) bond motifs is 2. The van der Waals surface area contributed by atoms with Gasteiger partial charge in [0.15, 0.2) is 6.79 Å². The van der Waals surface area contributed by atoms with Crippen molar-refractivity contribution in [2.75, 3.05) is 13.4 Å². The smallest absolute Gasteiger partial charge is 0.336 e. The first-order chi connectivity index (χ1) is 15.4. The van der Waals surface area contributed by atoms with Crippen molar-refractivity contribution in [2.45, 2.75) is 39.9 Å². The molecule has 32 heavy (non-hydrogen) atoms. The molecule has 0 fully saturated rings. The third-order valence-electron chi connectivity index (χ3n) is 5.17. The van der Waals surface area contributed by atoms with Gasteiger partial charge in [0.25, 0.3) is 0 Å². The van der Waals surface area contributed by atoms with E-state index in [-0.39, 0.29) is 25.8 Å². The van der Waals surface area contributed by atoms with Gasteiger partial charge in [0.05, 0.1) is 13.2 Å². The normalized spacial score (nSPS) is 12.8. The molecule has 7 nitrogen and oxygen atoms in total. The summed E-state index contributed by atoms with van der Waals surface area (Å²) in [6.45, 7) is 4.69. The average Bonchev–Trinajstić information content (AvgIpc) is 2.76. The van der Waals surface area contributed by atoms with E-state index in [1.807, 2.05) is 13.0 Å². The number of carbonyl (C=O) groups is 1. The van der Waals surface area contributed by atoms with Crippen molar-refractivity contribution in [3.8, 4) is 11.5 Å². The number of benzene rings is 2. The summed E-state index contributed by atoms with van der Waals surface area (Å²) < 4.78 is 27.5. The summed E-state index contributed by atoms with van der Waals surface area (Å²) in [5.74, 6) is 0.917. The fourth-order valence-corrected chi connectivity index (χ4v) is 3.97. The molecule has 168 valence electrons. The van der Waals surface area contributed by atoms with Gasteiger partial charge in [0, 0.05) is 40.1 Å². The fourth-order valence-electron chi connectivity index (χ4n) is 3.71. The molecule has 0 saturated carbocycles. The van der Waals surface area contributed by atoms with Crippen molar-refractivity contribution in [1.82, 2.24) is 0 Å². The molecule has 0 spiro atoms. The number of esters is 1. The first kappa shape index (κ1) is 22.2. The van der Waals surface area contributed by atoms with Crippen LogP contribution in [0.25, 0.3) is 11.0 Å². The van der Waals surface area contributed by atoms with E-state index in [4.69, 9.17) is 35.0 Å². The minimum atomic E-state index is -0.433. The first-order valence-electron chi connectivity index (χ1n) is 10.3. The van der Waals surface area contributed by atoms with Crippen molar-refractivity contribution in [3.05, 3.63) is 68.0 Å². The van der Waals surface area contributed by atoms with E-state index in [1.165, 1.54) is 6.07 Å². The highest BCUT2D eigenvalue weighted by atomic mass is 35.5. The van der Waals surface area contributed by atoms with Crippen LogP contribution >= 0.6 is 11.6 Å². The first-order valence-corrected chi connectivity index (χ1v) is 10.7. The van der Waals surface area contributed by atoms with Crippen LogP contribution in [0.5, 0.6) is 11.5 Å². The Morgan fingerprint density at radius 3 is 2.81 bits per heavy atom. The summed E-state index contributed by atoms with van der Waals surface area (Å²) in [5.41, 5.74) is 3.21. The Morgan fingerprint density at radius 1 is 1.16 bits per heavy atom. The number of halogens is 1. The number of carbonyl (C=O) groups excluding carboxylic acids is 1.